The Hall–Kier alpha value is -0.690. The third-order valence-corrected chi connectivity index (χ3v) is 4.62. The molecule has 0 radical (unpaired) electrons. The Morgan fingerprint density at radius 1 is 1.60 bits per heavy atom. The van der Waals surface area contributed by atoms with Gasteiger partial charge in [-0.1, -0.05) is 18.0 Å². The predicted octanol–water partition coefficient (Wildman–Crippen LogP) is 1.62. The first-order chi connectivity index (χ1) is 9.69. The zero-order chi connectivity index (χ0) is 14.4. The molecule has 7 heteroatoms. The fourth-order valence-electron chi connectivity index (χ4n) is 2.49. The number of carbonyl (C=O) groups is 1. The normalized spacial score (nSPS) is 20.0. The van der Waals surface area contributed by atoms with Gasteiger partial charge in [0.1, 0.15) is 9.34 Å². The number of nitrogens with one attached hydrogen (secondary N) is 1. The smallest absolute Gasteiger partial charge is 0.221 e. The summed E-state index contributed by atoms with van der Waals surface area (Å²) in [5, 5.41) is 4.01. The van der Waals surface area contributed by atoms with Crippen LogP contribution in [0, 0.1) is 0 Å². The van der Waals surface area contributed by atoms with Crippen LogP contribution in [0.1, 0.15) is 30.7 Å². The van der Waals surface area contributed by atoms with E-state index in [1.54, 1.807) is 6.20 Å². The van der Waals surface area contributed by atoms with Gasteiger partial charge in [-0.05, 0) is 19.4 Å². The van der Waals surface area contributed by atoms with Gasteiger partial charge in [-0.15, -0.1) is 11.3 Å². The van der Waals surface area contributed by atoms with Crippen LogP contribution in [-0.2, 0) is 11.3 Å². The van der Waals surface area contributed by atoms with Crippen molar-refractivity contribution in [3.8, 4) is 0 Å². The number of carbonyl (C=O) groups excluding carboxylic acids is 1. The molecule has 20 heavy (non-hydrogen) atoms. The van der Waals surface area contributed by atoms with Gasteiger partial charge in [0.25, 0.3) is 0 Å². The fourth-order valence-corrected chi connectivity index (χ4v) is 3.47. The third kappa shape index (κ3) is 4.70. The first-order valence-electron chi connectivity index (χ1n) is 7.00. The van der Waals surface area contributed by atoms with E-state index in [1.165, 1.54) is 24.2 Å². The van der Waals surface area contributed by atoms with Gasteiger partial charge in [0.15, 0.2) is 0 Å². The topological polar surface area (TPSA) is 71.2 Å². The van der Waals surface area contributed by atoms with E-state index in [-0.39, 0.29) is 5.91 Å². The number of hydrogen-bond donors (Lipinski definition) is 2. The Bertz CT molecular complexity index is 440. The first-order valence-corrected chi connectivity index (χ1v) is 8.19. The van der Waals surface area contributed by atoms with Crippen molar-refractivity contribution < 1.29 is 4.79 Å². The fraction of sp³-hybridized carbons (Fsp3) is 0.692. The molecule has 1 fully saturated rings. The number of aromatic nitrogens is 1. The molecule has 0 saturated carbocycles. The second-order valence-corrected chi connectivity index (χ2v) is 6.77. The van der Waals surface area contributed by atoms with Gasteiger partial charge < -0.3 is 11.1 Å². The largest absolute Gasteiger partial charge is 0.354 e. The molecule has 5 nitrogen and oxygen atoms in total. The number of likely N-dealkylation sites (tertiary alicyclic amines) is 1. The molecule has 1 amide bonds. The molecule has 1 aliphatic rings. The molecule has 0 bridgehead atoms. The van der Waals surface area contributed by atoms with Crippen LogP contribution in [0.25, 0.3) is 0 Å². The Labute approximate surface area is 128 Å². The van der Waals surface area contributed by atoms with Crippen molar-refractivity contribution in [2.45, 2.75) is 38.3 Å². The predicted molar refractivity (Wildman–Crippen MR) is 81.9 cm³/mol. The van der Waals surface area contributed by atoms with Crippen molar-refractivity contribution in [1.82, 2.24) is 15.2 Å². The maximum Gasteiger partial charge on any atom is 0.221 e. The van der Waals surface area contributed by atoms with Gasteiger partial charge in [0.05, 0.1) is 12.7 Å². The molecule has 1 atom stereocenters. The number of amides is 1. The molecule has 0 aromatic carbocycles. The summed E-state index contributed by atoms with van der Waals surface area (Å²) in [6.45, 7) is 2.96. The van der Waals surface area contributed by atoms with E-state index in [0.29, 0.717) is 25.6 Å². The molecule has 1 saturated heterocycles. The van der Waals surface area contributed by atoms with Crippen LogP contribution in [0.15, 0.2) is 6.20 Å². The maximum absolute atomic E-state index is 11.5. The zero-order valence-electron chi connectivity index (χ0n) is 11.5. The lowest BCUT2D eigenvalue weighted by atomic mass is 10.0. The second-order valence-electron chi connectivity index (χ2n) is 5.02. The number of rotatable bonds is 6. The van der Waals surface area contributed by atoms with Gasteiger partial charge in [-0.2, -0.15) is 0 Å². The van der Waals surface area contributed by atoms with Gasteiger partial charge in [-0.25, -0.2) is 4.98 Å². The van der Waals surface area contributed by atoms with Crippen molar-refractivity contribution in [3.05, 3.63) is 15.5 Å². The van der Waals surface area contributed by atoms with Gasteiger partial charge >= 0.3 is 0 Å². The van der Waals surface area contributed by atoms with Gasteiger partial charge in [0.2, 0.25) is 5.91 Å². The summed E-state index contributed by atoms with van der Waals surface area (Å²) in [6.07, 6.45) is 5.62. The summed E-state index contributed by atoms with van der Waals surface area (Å²) in [7, 11) is 0. The average molecular weight is 317 g/mol. The van der Waals surface area contributed by atoms with Crippen LogP contribution < -0.4 is 11.1 Å². The molecule has 1 aliphatic heterocycles. The van der Waals surface area contributed by atoms with Crippen LogP contribution in [0.2, 0.25) is 4.34 Å². The van der Waals surface area contributed by atoms with E-state index in [0.717, 1.165) is 28.9 Å². The van der Waals surface area contributed by atoms with E-state index in [4.69, 9.17) is 17.3 Å². The Balaban J connectivity index is 1.86. The lowest BCUT2D eigenvalue weighted by Gasteiger charge is -2.35. The van der Waals surface area contributed by atoms with E-state index in [2.05, 4.69) is 15.2 Å². The lowest BCUT2D eigenvalue weighted by Crippen LogP contribution is -2.46. The van der Waals surface area contributed by atoms with Crippen LogP contribution in [0.3, 0.4) is 0 Å². The molecular formula is C13H21ClN4OS. The summed E-state index contributed by atoms with van der Waals surface area (Å²) in [5.41, 5.74) is 5.38. The number of thiazole rings is 1. The summed E-state index contributed by atoms with van der Waals surface area (Å²) in [4.78, 5) is 18.2. The van der Waals surface area contributed by atoms with Crippen molar-refractivity contribution >= 4 is 28.8 Å². The van der Waals surface area contributed by atoms with E-state index >= 15 is 0 Å². The van der Waals surface area contributed by atoms with Crippen LogP contribution in [0.5, 0.6) is 0 Å². The molecule has 3 N–H and O–H groups in total. The molecule has 0 aliphatic carbocycles. The van der Waals surface area contributed by atoms with Crippen LogP contribution in [0.4, 0.5) is 0 Å². The minimum atomic E-state index is 0.0373. The molecule has 2 rings (SSSR count). The van der Waals surface area contributed by atoms with Crippen LogP contribution >= 0.6 is 22.9 Å². The Kier molecular flexibility index (Phi) is 6.22. The molecule has 1 unspecified atom stereocenters. The highest BCUT2D eigenvalue weighted by Crippen LogP contribution is 2.23. The van der Waals surface area contributed by atoms with Crippen molar-refractivity contribution in [3.63, 3.8) is 0 Å². The van der Waals surface area contributed by atoms with E-state index < -0.39 is 0 Å². The minimum absolute atomic E-state index is 0.0373. The Morgan fingerprint density at radius 3 is 3.15 bits per heavy atom. The number of nitrogens with zero attached hydrogens (tertiary/aromatic N) is 2. The highest BCUT2D eigenvalue weighted by Gasteiger charge is 2.23. The van der Waals surface area contributed by atoms with E-state index in [9.17, 15) is 4.79 Å². The van der Waals surface area contributed by atoms with Crippen molar-refractivity contribution in [1.29, 1.82) is 0 Å². The third-order valence-electron chi connectivity index (χ3n) is 3.52. The first kappa shape index (κ1) is 15.7. The average Bonchev–Trinajstić information content (AvgIpc) is 2.83. The van der Waals surface area contributed by atoms with Crippen molar-refractivity contribution in [2.24, 2.45) is 5.73 Å². The molecule has 2 heterocycles. The highest BCUT2D eigenvalue weighted by atomic mass is 35.5. The number of halogens is 1. The number of hydrogen-bond acceptors (Lipinski definition) is 5. The van der Waals surface area contributed by atoms with Gasteiger partial charge in [-0.3, -0.25) is 9.69 Å². The second kappa shape index (κ2) is 7.93. The highest BCUT2D eigenvalue weighted by molar-refractivity contribution is 7.15. The molecule has 112 valence electrons. The van der Waals surface area contributed by atoms with Crippen LogP contribution in [-0.4, -0.2) is 41.5 Å². The summed E-state index contributed by atoms with van der Waals surface area (Å²) < 4.78 is 0.727. The molecule has 0 spiro atoms. The number of piperidine rings is 1. The quantitative estimate of drug-likeness (QED) is 0.836. The van der Waals surface area contributed by atoms with E-state index in [1.807, 2.05) is 0 Å². The molecular weight excluding hydrogens is 296 g/mol. The zero-order valence-corrected chi connectivity index (χ0v) is 13.1. The summed E-state index contributed by atoms with van der Waals surface area (Å²) >= 11 is 7.45. The lowest BCUT2D eigenvalue weighted by molar-refractivity contribution is -0.121. The standard InChI is InChI=1S/C13H21ClN4OS/c14-11-8-17-13(20-11)9-18-6-2-1-3-10(18)7-16-12(19)4-5-15/h8,10H,1-7,9,15H2,(H,16,19). The minimum Gasteiger partial charge on any atom is -0.354 e. The molecule has 1 aromatic heterocycles. The SMILES string of the molecule is NCCC(=O)NCC1CCCCN1Cc1ncc(Cl)s1. The van der Waals surface area contributed by atoms with Gasteiger partial charge in [0, 0.05) is 25.6 Å². The summed E-state index contributed by atoms with van der Waals surface area (Å²) in [5.74, 6) is 0.0373. The summed E-state index contributed by atoms with van der Waals surface area (Å²) in [6, 6.07) is 0.383. The van der Waals surface area contributed by atoms with Crippen molar-refractivity contribution in [2.75, 3.05) is 19.6 Å². The maximum atomic E-state index is 11.5. The monoisotopic (exact) mass is 316 g/mol. The Morgan fingerprint density at radius 2 is 2.45 bits per heavy atom. The number of nitrogens with two attached hydrogens (primary N) is 1. The molecule has 1 aromatic rings.